The van der Waals surface area contributed by atoms with Crippen molar-refractivity contribution in [1.29, 1.82) is 0 Å². The quantitative estimate of drug-likeness (QED) is 0.827. The summed E-state index contributed by atoms with van der Waals surface area (Å²) >= 11 is 3.41. The van der Waals surface area contributed by atoms with E-state index in [-0.39, 0.29) is 0 Å². The average Bonchev–Trinajstić information content (AvgIpc) is 2.31. The van der Waals surface area contributed by atoms with Crippen molar-refractivity contribution >= 4 is 21.7 Å². The molecule has 4 heteroatoms. The van der Waals surface area contributed by atoms with Gasteiger partial charge in [-0.25, -0.2) is 0 Å². The van der Waals surface area contributed by atoms with Gasteiger partial charge in [0.1, 0.15) is 5.82 Å². The molecule has 0 saturated carbocycles. The lowest BCUT2D eigenvalue weighted by molar-refractivity contribution is 0.394. The van der Waals surface area contributed by atoms with Crippen LogP contribution in [0.2, 0.25) is 0 Å². The van der Waals surface area contributed by atoms with Crippen LogP contribution in [0.3, 0.4) is 0 Å². The molecule has 1 aliphatic rings. The van der Waals surface area contributed by atoms with Crippen LogP contribution in [0.5, 0.6) is 5.88 Å². The molecule has 1 aromatic heterocycles. The molecule has 0 atom stereocenters. The van der Waals surface area contributed by atoms with E-state index in [9.17, 15) is 0 Å². The molecule has 15 heavy (non-hydrogen) atoms. The van der Waals surface area contributed by atoms with Crippen molar-refractivity contribution < 1.29 is 4.74 Å². The summed E-state index contributed by atoms with van der Waals surface area (Å²) in [7, 11) is 1.65. The second-order valence-corrected chi connectivity index (χ2v) is 4.56. The van der Waals surface area contributed by atoms with Crippen LogP contribution in [-0.2, 0) is 0 Å². The molecule has 0 N–H and O–H groups in total. The van der Waals surface area contributed by atoms with Crippen molar-refractivity contribution in [2.75, 3.05) is 25.1 Å². The number of hydrogen-bond acceptors (Lipinski definition) is 3. The highest BCUT2D eigenvalue weighted by molar-refractivity contribution is 9.10. The maximum absolute atomic E-state index is 5.19. The molecule has 2 rings (SSSR count). The molecule has 0 unspecified atom stereocenters. The Kier molecular flexibility index (Phi) is 3.46. The minimum Gasteiger partial charge on any atom is -0.480 e. The number of anilines is 1. The Hall–Kier alpha value is -0.770. The predicted octanol–water partition coefficient (Wildman–Crippen LogP) is 2.84. The van der Waals surface area contributed by atoms with E-state index in [1.807, 2.05) is 12.1 Å². The number of rotatable bonds is 2. The predicted molar refractivity (Wildman–Crippen MR) is 64.6 cm³/mol. The summed E-state index contributed by atoms with van der Waals surface area (Å²) in [6.45, 7) is 2.22. The van der Waals surface area contributed by atoms with E-state index in [0.29, 0.717) is 5.88 Å². The first-order chi connectivity index (χ1) is 7.31. The summed E-state index contributed by atoms with van der Waals surface area (Å²) in [5, 5.41) is 0. The third-order valence-electron chi connectivity index (χ3n) is 2.67. The lowest BCUT2D eigenvalue weighted by Crippen LogP contribution is -2.30. The number of ether oxygens (including phenoxy) is 1. The Labute approximate surface area is 98.6 Å². The summed E-state index contributed by atoms with van der Waals surface area (Å²) < 4.78 is 6.10. The van der Waals surface area contributed by atoms with Crippen LogP contribution in [0.4, 0.5) is 5.82 Å². The minimum absolute atomic E-state index is 0.665. The fraction of sp³-hybridized carbons (Fsp3) is 0.545. The molecular formula is C11H15BrN2O. The Morgan fingerprint density at radius 2 is 2.00 bits per heavy atom. The number of hydrogen-bond donors (Lipinski definition) is 0. The number of methoxy groups -OCH3 is 1. The van der Waals surface area contributed by atoms with Gasteiger partial charge >= 0.3 is 0 Å². The van der Waals surface area contributed by atoms with Crippen molar-refractivity contribution in [3.8, 4) is 5.88 Å². The number of aromatic nitrogens is 1. The van der Waals surface area contributed by atoms with Crippen molar-refractivity contribution in [1.82, 2.24) is 4.98 Å². The lowest BCUT2D eigenvalue weighted by Gasteiger charge is -2.27. The van der Waals surface area contributed by atoms with Crippen LogP contribution in [0.25, 0.3) is 0 Å². The molecule has 0 radical (unpaired) electrons. The third-order valence-corrected chi connectivity index (χ3v) is 3.28. The second kappa shape index (κ2) is 4.84. The highest BCUT2D eigenvalue weighted by Crippen LogP contribution is 2.26. The fourth-order valence-electron chi connectivity index (χ4n) is 1.86. The van der Waals surface area contributed by atoms with Crippen LogP contribution in [-0.4, -0.2) is 25.2 Å². The van der Waals surface area contributed by atoms with E-state index in [1.54, 1.807) is 7.11 Å². The van der Waals surface area contributed by atoms with Gasteiger partial charge in [-0.3, -0.25) is 0 Å². The van der Waals surface area contributed by atoms with E-state index >= 15 is 0 Å². The Morgan fingerprint density at radius 1 is 1.27 bits per heavy atom. The van der Waals surface area contributed by atoms with Crippen molar-refractivity contribution in [3.63, 3.8) is 0 Å². The van der Waals surface area contributed by atoms with Gasteiger partial charge in [0.05, 0.1) is 11.6 Å². The zero-order valence-corrected chi connectivity index (χ0v) is 10.5. The van der Waals surface area contributed by atoms with Gasteiger partial charge in [0.2, 0.25) is 5.88 Å². The van der Waals surface area contributed by atoms with Crippen LogP contribution >= 0.6 is 15.9 Å². The number of piperidine rings is 1. The van der Waals surface area contributed by atoms with Gasteiger partial charge in [-0.2, -0.15) is 4.98 Å². The van der Waals surface area contributed by atoms with Crippen LogP contribution in [0.1, 0.15) is 19.3 Å². The van der Waals surface area contributed by atoms with E-state index < -0.39 is 0 Å². The molecule has 0 spiro atoms. The molecule has 82 valence electrons. The van der Waals surface area contributed by atoms with Crippen molar-refractivity contribution in [2.24, 2.45) is 0 Å². The zero-order chi connectivity index (χ0) is 10.7. The van der Waals surface area contributed by atoms with Gasteiger partial charge in [-0.15, -0.1) is 0 Å². The summed E-state index contributed by atoms with van der Waals surface area (Å²) in [5.74, 6) is 1.69. The standard InChI is InChI=1S/C11H15BrN2O/c1-15-11-9(12)5-6-10(13-11)14-7-3-2-4-8-14/h5-6H,2-4,7-8H2,1H3. The first-order valence-electron chi connectivity index (χ1n) is 5.27. The summed E-state index contributed by atoms with van der Waals surface area (Å²) in [4.78, 5) is 6.79. The van der Waals surface area contributed by atoms with E-state index in [2.05, 4.69) is 25.8 Å². The van der Waals surface area contributed by atoms with Crippen molar-refractivity contribution in [2.45, 2.75) is 19.3 Å². The maximum Gasteiger partial charge on any atom is 0.229 e. The lowest BCUT2D eigenvalue weighted by atomic mass is 10.1. The van der Waals surface area contributed by atoms with E-state index in [0.717, 1.165) is 23.4 Å². The highest BCUT2D eigenvalue weighted by Gasteiger charge is 2.13. The largest absolute Gasteiger partial charge is 0.480 e. The summed E-state index contributed by atoms with van der Waals surface area (Å²) in [5.41, 5.74) is 0. The van der Waals surface area contributed by atoms with Crippen molar-refractivity contribution in [3.05, 3.63) is 16.6 Å². The third kappa shape index (κ3) is 2.43. The Morgan fingerprint density at radius 3 is 2.67 bits per heavy atom. The Bertz CT molecular complexity index is 337. The second-order valence-electron chi connectivity index (χ2n) is 3.71. The first kappa shape index (κ1) is 10.7. The molecule has 0 amide bonds. The average molecular weight is 271 g/mol. The van der Waals surface area contributed by atoms with Crippen LogP contribution in [0, 0.1) is 0 Å². The number of pyridine rings is 1. The fourth-order valence-corrected chi connectivity index (χ4v) is 2.24. The summed E-state index contributed by atoms with van der Waals surface area (Å²) in [6.07, 6.45) is 3.87. The van der Waals surface area contributed by atoms with Gasteiger partial charge in [0.15, 0.2) is 0 Å². The van der Waals surface area contributed by atoms with Gasteiger partial charge in [-0.05, 0) is 47.3 Å². The van der Waals surface area contributed by atoms with E-state index in [4.69, 9.17) is 4.74 Å². The number of halogens is 1. The van der Waals surface area contributed by atoms with Crippen LogP contribution in [0.15, 0.2) is 16.6 Å². The smallest absolute Gasteiger partial charge is 0.229 e. The molecule has 2 heterocycles. The van der Waals surface area contributed by atoms with Gasteiger partial charge in [0, 0.05) is 13.1 Å². The van der Waals surface area contributed by atoms with Gasteiger partial charge < -0.3 is 9.64 Å². The Balaban J connectivity index is 2.20. The number of nitrogens with zero attached hydrogens (tertiary/aromatic N) is 2. The molecule has 0 aliphatic carbocycles. The molecule has 1 fully saturated rings. The molecule has 0 bridgehead atoms. The normalized spacial score (nSPS) is 16.5. The topological polar surface area (TPSA) is 25.4 Å². The molecular weight excluding hydrogens is 256 g/mol. The molecule has 1 aromatic rings. The molecule has 3 nitrogen and oxygen atoms in total. The molecule has 0 aromatic carbocycles. The van der Waals surface area contributed by atoms with Gasteiger partial charge in [-0.1, -0.05) is 0 Å². The minimum atomic E-state index is 0.665. The molecule has 1 saturated heterocycles. The monoisotopic (exact) mass is 270 g/mol. The maximum atomic E-state index is 5.19. The van der Waals surface area contributed by atoms with Gasteiger partial charge in [0.25, 0.3) is 0 Å². The molecule has 1 aliphatic heterocycles. The first-order valence-corrected chi connectivity index (χ1v) is 6.06. The van der Waals surface area contributed by atoms with Crippen LogP contribution < -0.4 is 9.64 Å². The summed E-state index contributed by atoms with van der Waals surface area (Å²) in [6, 6.07) is 4.04. The SMILES string of the molecule is COc1nc(N2CCCCC2)ccc1Br. The zero-order valence-electron chi connectivity index (χ0n) is 8.87. The highest BCUT2D eigenvalue weighted by atomic mass is 79.9. The van der Waals surface area contributed by atoms with E-state index in [1.165, 1.54) is 19.3 Å².